The number of hydrogen-bond donors (Lipinski definition) is 0. The van der Waals surface area contributed by atoms with Gasteiger partial charge in [-0.2, -0.15) is 0 Å². The molecule has 0 spiro atoms. The molecule has 0 radical (unpaired) electrons. The van der Waals surface area contributed by atoms with Crippen molar-refractivity contribution in [2.75, 3.05) is 11.9 Å². The molecule has 1 fully saturated rings. The second kappa shape index (κ2) is 3.83. The van der Waals surface area contributed by atoms with Gasteiger partial charge in [0, 0.05) is 19.0 Å². The second-order valence-electron chi connectivity index (χ2n) is 5.07. The predicted octanol–water partition coefficient (Wildman–Crippen LogP) is 1.90. The van der Waals surface area contributed by atoms with Crippen molar-refractivity contribution in [2.24, 2.45) is 11.8 Å². The van der Waals surface area contributed by atoms with Crippen LogP contribution in [0.3, 0.4) is 0 Å². The van der Waals surface area contributed by atoms with Gasteiger partial charge < -0.3 is 9.64 Å². The molecule has 2 aliphatic heterocycles. The summed E-state index contributed by atoms with van der Waals surface area (Å²) >= 11 is 0. The second-order valence-corrected chi connectivity index (χ2v) is 5.07. The zero-order valence-corrected chi connectivity index (χ0v) is 10.4. The molecular weight excluding hydrogens is 230 g/mol. The number of anilines is 1. The van der Waals surface area contributed by atoms with Gasteiger partial charge in [0.25, 0.3) is 0 Å². The van der Waals surface area contributed by atoms with Crippen LogP contribution in [0.2, 0.25) is 0 Å². The van der Waals surface area contributed by atoms with Gasteiger partial charge in [-0.1, -0.05) is 25.1 Å². The number of fused-ring (bicyclic) bond motifs is 3. The summed E-state index contributed by atoms with van der Waals surface area (Å²) in [7, 11) is 1.78. The Balaban J connectivity index is 2.13. The minimum atomic E-state index is -0.416. The molecule has 0 aliphatic carbocycles. The van der Waals surface area contributed by atoms with Crippen LogP contribution >= 0.6 is 0 Å². The summed E-state index contributed by atoms with van der Waals surface area (Å²) in [5, 5.41) is 0. The molecule has 2 heterocycles. The van der Waals surface area contributed by atoms with Crippen LogP contribution in [0, 0.1) is 11.8 Å². The number of rotatable bonds is 0. The van der Waals surface area contributed by atoms with E-state index in [0.29, 0.717) is 6.42 Å². The lowest BCUT2D eigenvalue weighted by Crippen LogP contribution is -2.47. The first kappa shape index (κ1) is 11.3. The number of amides is 1. The number of nitrogens with zero attached hydrogens (tertiary/aromatic N) is 1. The summed E-state index contributed by atoms with van der Waals surface area (Å²) in [5.74, 6) is -0.392. The van der Waals surface area contributed by atoms with Gasteiger partial charge in [0.2, 0.25) is 5.91 Å². The lowest BCUT2D eigenvalue weighted by molar-refractivity contribution is -0.166. The molecule has 1 aromatic rings. The molecule has 0 saturated carbocycles. The van der Waals surface area contributed by atoms with E-state index in [-0.39, 0.29) is 23.7 Å². The van der Waals surface area contributed by atoms with Gasteiger partial charge in [-0.3, -0.25) is 9.59 Å². The van der Waals surface area contributed by atoms with Crippen molar-refractivity contribution in [2.45, 2.75) is 19.4 Å². The number of ether oxygens (including phenoxy) is 1. The van der Waals surface area contributed by atoms with E-state index in [4.69, 9.17) is 4.74 Å². The van der Waals surface area contributed by atoms with Gasteiger partial charge in [-0.15, -0.1) is 0 Å². The minimum Gasteiger partial charge on any atom is -0.457 e. The molecule has 4 heteroatoms. The number of para-hydroxylation sites is 1. The van der Waals surface area contributed by atoms with Gasteiger partial charge >= 0.3 is 5.97 Å². The first-order chi connectivity index (χ1) is 8.59. The Labute approximate surface area is 106 Å². The van der Waals surface area contributed by atoms with Crippen LogP contribution in [0.25, 0.3) is 0 Å². The lowest BCUT2D eigenvalue weighted by Gasteiger charge is -2.42. The molecule has 0 aromatic heterocycles. The average molecular weight is 245 g/mol. The van der Waals surface area contributed by atoms with E-state index in [2.05, 4.69) is 0 Å². The summed E-state index contributed by atoms with van der Waals surface area (Å²) in [6.45, 7) is 1.94. The summed E-state index contributed by atoms with van der Waals surface area (Å²) in [5.41, 5.74) is 1.77. The molecule has 2 aliphatic rings. The van der Waals surface area contributed by atoms with E-state index < -0.39 is 6.10 Å². The standard InChI is InChI=1S/C14H15NO3/c1-8-7-11(16)18-13-9-5-3-4-6-10(9)15(2)14(17)12(8)13/h3-6,8,12-13H,7H2,1-2H3/t8-,12+,13+/m0/s1. The highest BCUT2D eigenvalue weighted by Crippen LogP contribution is 2.45. The molecule has 4 nitrogen and oxygen atoms in total. The topological polar surface area (TPSA) is 46.6 Å². The van der Waals surface area contributed by atoms with Crippen LogP contribution in [0.5, 0.6) is 0 Å². The van der Waals surface area contributed by atoms with Crippen LogP contribution in [-0.2, 0) is 14.3 Å². The minimum absolute atomic E-state index is 0.0274. The van der Waals surface area contributed by atoms with Crippen LogP contribution in [0.1, 0.15) is 25.0 Å². The molecular formula is C14H15NO3. The molecule has 1 saturated heterocycles. The van der Waals surface area contributed by atoms with Crippen LogP contribution < -0.4 is 4.90 Å². The summed E-state index contributed by atoms with van der Waals surface area (Å²) in [4.78, 5) is 25.6. The van der Waals surface area contributed by atoms with Crippen molar-refractivity contribution in [1.82, 2.24) is 0 Å². The number of benzene rings is 1. The third kappa shape index (κ3) is 1.45. The number of esters is 1. The monoisotopic (exact) mass is 245 g/mol. The fraction of sp³-hybridized carbons (Fsp3) is 0.429. The maximum atomic E-state index is 12.4. The highest BCUT2D eigenvalue weighted by atomic mass is 16.5. The van der Waals surface area contributed by atoms with Crippen molar-refractivity contribution in [3.63, 3.8) is 0 Å². The predicted molar refractivity (Wildman–Crippen MR) is 66.0 cm³/mol. The normalized spacial score (nSPS) is 30.6. The highest BCUT2D eigenvalue weighted by molar-refractivity contribution is 5.99. The summed E-state index contributed by atoms with van der Waals surface area (Å²) in [6.07, 6.45) is -0.0933. The van der Waals surface area contributed by atoms with Gasteiger partial charge in [-0.05, 0) is 12.0 Å². The Morgan fingerprint density at radius 3 is 2.78 bits per heavy atom. The van der Waals surface area contributed by atoms with E-state index in [1.54, 1.807) is 11.9 Å². The van der Waals surface area contributed by atoms with Crippen LogP contribution in [0.15, 0.2) is 24.3 Å². The van der Waals surface area contributed by atoms with Crippen LogP contribution in [-0.4, -0.2) is 18.9 Å². The first-order valence-corrected chi connectivity index (χ1v) is 6.15. The number of hydrogen-bond acceptors (Lipinski definition) is 3. The Hall–Kier alpha value is -1.84. The first-order valence-electron chi connectivity index (χ1n) is 6.15. The quantitative estimate of drug-likeness (QED) is 0.656. The van der Waals surface area contributed by atoms with Crippen molar-refractivity contribution >= 4 is 17.6 Å². The smallest absolute Gasteiger partial charge is 0.306 e. The largest absolute Gasteiger partial charge is 0.457 e. The maximum Gasteiger partial charge on any atom is 0.306 e. The number of carbonyl (C=O) groups excluding carboxylic acids is 2. The van der Waals surface area contributed by atoms with Crippen molar-refractivity contribution in [3.8, 4) is 0 Å². The molecule has 0 bridgehead atoms. The number of carbonyl (C=O) groups is 2. The third-order valence-corrected chi connectivity index (χ3v) is 3.91. The third-order valence-electron chi connectivity index (χ3n) is 3.91. The SMILES string of the molecule is C[C@H]1CC(=O)O[C@@H]2c3ccccc3N(C)C(=O)[C@@H]21. The molecule has 0 unspecified atom stereocenters. The zero-order chi connectivity index (χ0) is 12.9. The van der Waals surface area contributed by atoms with Crippen molar-refractivity contribution < 1.29 is 14.3 Å². The molecule has 3 rings (SSSR count). The zero-order valence-electron chi connectivity index (χ0n) is 10.4. The Kier molecular flexibility index (Phi) is 2.40. The Morgan fingerprint density at radius 2 is 2.00 bits per heavy atom. The van der Waals surface area contributed by atoms with Gasteiger partial charge in [0.1, 0.15) is 6.10 Å². The van der Waals surface area contributed by atoms with Gasteiger partial charge in [0.05, 0.1) is 11.6 Å². The van der Waals surface area contributed by atoms with Gasteiger partial charge in [0.15, 0.2) is 0 Å². The molecule has 1 aromatic carbocycles. The maximum absolute atomic E-state index is 12.4. The van der Waals surface area contributed by atoms with E-state index in [9.17, 15) is 9.59 Å². The molecule has 18 heavy (non-hydrogen) atoms. The highest BCUT2D eigenvalue weighted by Gasteiger charge is 2.47. The Bertz CT molecular complexity index is 526. The summed E-state index contributed by atoms with van der Waals surface area (Å²) < 4.78 is 5.42. The Morgan fingerprint density at radius 1 is 1.28 bits per heavy atom. The van der Waals surface area contributed by atoms with E-state index in [0.717, 1.165) is 11.3 Å². The van der Waals surface area contributed by atoms with E-state index >= 15 is 0 Å². The van der Waals surface area contributed by atoms with Gasteiger partial charge in [-0.25, -0.2) is 0 Å². The van der Waals surface area contributed by atoms with Crippen molar-refractivity contribution in [3.05, 3.63) is 29.8 Å². The fourth-order valence-corrected chi connectivity index (χ4v) is 2.96. The van der Waals surface area contributed by atoms with Crippen molar-refractivity contribution in [1.29, 1.82) is 0 Å². The average Bonchev–Trinajstić information content (AvgIpc) is 2.35. The molecule has 3 atom stereocenters. The molecule has 1 amide bonds. The van der Waals surface area contributed by atoms with E-state index in [1.165, 1.54) is 0 Å². The van der Waals surface area contributed by atoms with Crippen LogP contribution in [0.4, 0.5) is 5.69 Å². The van der Waals surface area contributed by atoms with E-state index in [1.807, 2.05) is 31.2 Å². The molecule has 94 valence electrons. The fourth-order valence-electron chi connectivity index (χ4n) is 2.96. The summed E-state index contributed by atoms with van der Waals surface area (Å²) in [6, 6.07) is 7.61. The molecule has 0 N–H and O–H groups in total. The lowest BCUT2D eigenvalue weighted by atomic mass is 9.77.